The van der Waals surface area contributed by atoms with Crippen LogP contribution in [0.4, 0.5) is 0 Å². The van der Waals surface area contributed by atoms with Crippen LogP contribution in [-0.4, -0.2) is 13.0 Å². The molecule has 0 aliphatic heterocycles. The second-order valence-corrected chi connectivity index (χ2v) is 2.41. The summed E-state index contributed by atoms with van der Waals surface area (Å²) in [4.78, 5) is 15.8. The first kappa shape index (κ1) is 12.7. The van der Waals surface area contributed by atoms with Gasteiger partial charge in [-0.1, -0.05) is 32.0 Å². The molecule has 0 aliphatic carbocycles. The van der Waals surface area contributed by atoms with E-state index < -0.39 is 0 Å². The van der Waals surface area contributed by atoms with Crippen molar-refractivity contribution in [2.24, 2.45) is 0 Å². The van der Waals surface area contributed by atoms with Crippen molar-refractivity contribution in [3.63, 3.8) is 0 Å². The van der Waals surface area contributed by atoms with Crippen molar-refractivity contribution < 1.29 is 9.63 Å². The maximum atomic E-state index is 11.2. The van der Waals surface area contributed by atoms with E-state index in [1.165, 1.54) is 0 Å². The lowest BCUT2D eigenvalue weighted by atomic mass is 10.1. The van der Waals surface area contributed by atoms with Gasteiger partial charge in [0.25, 0.3) is 0 Å². The van der Waals surface area contributed by atoms with Crippen molar-refractivity contribution in [2.75, 3.05) is 7.05 Å². The standard InChI is InChI=1S/C9H11NO2.C2H6/c1-7-5-3-4-6-8(7)9(11)12-10-2;1-2/h3-6,10H,1-2H3;1-2H3. The SMILES string of the molecule is CC.CNOC(=O)c1ccccc1C. The van der Waals surface area contributed by atoms with Gasteiger partial charge in [0.1, 0.15) is 0 Å². The minimum atomic E-state index is -0.351. The first-order valence-electron chi connectivity index (χ1n) is 4.69. The molecule has 0 atom stereocenters. The number of carbonyl (C=O) groups excluding carboxylic acids is 1. The van der Waals surface area contributed by atoms with Gasteiger partial charge in [-0.25, -0.2) is 4.79 Å². The first-order chi connectivity index (χ1) is 6.75. The molecule has 1 N–H and O–H groups in total. The second-order valence-electron chi connectivity index (χ2n) is 2.41. The number of hydrogen-bond donors (Lipinski definition) is 1. The number of nitrogens with one attached hydrogen (secondary N) is 1. The van der Waals surface area contributed by atoms with Gasteiger partial charge in [-0.05, 0) is 18.6 Å². The largest absolute Gasteiger partial charge is 0.367 e. The zero-order valence-corrected chi connectivity index (χ0v) is 9.13. The van der Waals surface area contributed by atoms with Crippen LogP contribution in [0.5, 0.6) is 0 Å². The molecule has 0 bridgehead atoms. The van der Waals surface area contributed by atoms with Gasteiger partial charge in [-0.15, -0.1) is 0 Å². The van der Waals surface area contributed by atoms with E-state index in [9.17, 15) is 4.79 Å². The highest BCUT2D eigenvalue weighted by atomic mass is 16.7. The molecule has 1 aromatic rings. The molecule has 3 heteroatoms. The van der Waals surface area contributed by atoms with Crippen molar-refractivity contribution >= 4 is 5.97 Å². The molecule has 0 fully saturated rings. The van der Waals surface area contributed by atoms with Gasteiger partial charge in [0.15, 0.2) is 0 Å². The van der Waals surface area contributed by atoms with Gasteiger partial charge in [0.2, 0.25) is 0 Å². The van der Waals surface area contributed by atoms with Gasteiger partial charge in [-0.3, -0.25) is 0 Å². The Hall–Kier alpha value is -1.35. The Morgan fingerprint density at radius 2 is 1.86 bits per heavy atom. The summed E-state index contributed by atoms with van der Waals surface area (Å²) in [6, 6.07) is 7.28. The summed E-state index contributed by atoms with van der Waals surface area (Å²) in [5.74, 6) is -0.351. The summed E-state index contributed by atoms with van der Waals surface area (Å²) in [6.45, 7) is 5.87. The zero-order valence-electron chi connectivity index (χ0n) is 9.13. The highest BCUT2D eigenvalue weighted by Gasteiger charge is 2.07. The Morgan fingerprint density at radius 3 is 2.36 bits per heavy atom. The summed E-state index contributed by atoms with van der Waals surface area (Å²) < 4.78 is 0. The summed E-state index contributed by atoms with van der Waals surface area (Å²) >= 11 is 0. The fourth-order valence-electron chi connectivity index (χ4n) is 0.950. The van der Waals surface area contributed by atoms with Crippen LogP contribution in [0.25, 0.3) is 0 Å². The number of carbonyl (C=O) groups is 1. The van der Waals surface area contributed by atoms with Gasteiger partial charge in [-0.2, -0.15) is 5.48 Å². The van der Waals surface area contributed by atoms with Crippen molar-refractivity contribution in [1.29, 1.82) is 0 Å². The smallest absolute Gasteiger partial charge is 0.357 e. The van der Waals surface area contributed by atoms with Crippen molar-refractivity contribution in [2.45, 2.75) is 20.8 Å². The predicted octanol–water partition coefficient (Wildman–Crippen LogP) is 2.31. The molecule has 0 spiro atoms. The van der Waals surface area contributed by atoms with Crippen LogP contribution in [0.2, 0.25) is 0 Å². The summed E-state index contributed by atoms with van der Waals surface area (Å²) in [5.41, 5.74) is 3.85. The molecule has 1 aromatic carbocycles. The van der Waals surface area contributed by atoms with Crippen LogP contribution in [0.3, 0.4) is 0 Å². The van der Waals surface area contributed by atoms with E-state index in [4.69, 9.17) is 0 Å². The number of benzene rings is 1. The number of hydrogen-bond acceptors (Lipinski definition) is 3. The first-order valence-corrected chi connectivity index (χ1v) is 4.69. The minimum Gasteiger partial charge on any atom is -0.367 e. The highest BCUT2D eigenvalue weighted by Crippen LogP contribution is 2.07. The Labute approximate surface area is 85.0 Å². The summed E-state index contributed by atoms with van der Waals surface area (Å²) in [6.07, 6.45) is 0. The molecule has 0 radical (unpaired) electrons. The number of aryl methyl sites for hydroxylation is 1. The third kappa shape index (κ3) is 3.58. The lowest BCUT2D eigenvalue weighted by Crippen LogP contribution is -2.15. The average Bonchev–Trinajstić information content (AvgIpc) is 2.22. The fourth-order valence-corrected chi connectivity index (χ4v) is 0.950. The summed E-state index contributed by atoms with van der Waals surface area (Å²) in [5, 5.41) is 0. The predicted molar refractivity (Wildman–Crippen MR) is 57.0 cm³/mol. The Morgan fingerprint density at radius 1 is 1.29 bits per heavy atom. The molecule has 78 valence electrons. The van der Waals surface area contributed by atoms with E-state index in [1.54, 1.807) is 19.2 Å². The monoisotopic (exact) mass is 195 g/mol. The maximum absolute atomic E-state index is 11.2. The number of hydroxylamine groups is 1. The van der Waals surface area contributed by atoms with E-state index in [0.717, 1.165) is 5.56 Å². The molecular formula is C11H17NO2. The van der Waals surface area contributed by atoms with E-state index in [0.29, 0.717) is 5.56 Å². The van der Waals surface area contributed by atoms with Crippen LogP contribution < -0.4 is 5.48 Å². The van der Waals surface area contributed by atoms with Gasteiger partial charge >= 0.3 is 5.97 Å². The Bertz CT molecular complexity index is 284. The van der Waals surface area contributed by atoms with Crippen LogP contribution in [0.15, 0.2) is 24.3 Å². The summed E-state index contributed by atoms with van der Waals surface area (Å²) in [7, 11) is 1.55. The molecular weight excluding hydrogens is 178 g/mol. The van der Waals surface area contributed by atoms with Crippen LogP contribution in [-0.2, 0) is 4.84 Å². The van der Waals surface area contributed by atoms with E-state index in [-0.39, 0.29) is 5.97 Å². The zero-order chi connectivity index (χ0) is 11.0. The molecule has 0 saturated carbocycles. The average molecular weight is 195 g/mol. The van der Waals surface area contributed by atoms with Gasteiger partial charge in [0.05, 0.1) is 5.56 Å². The number of rotatable bonds is 2. The van der Waals surface area contributed by atoms with Gasteiger partial charge < -0.3 is 4.84 Å². The third-order valence-electron chi connectivity index (χ3n) is 1.56. The normalized spacial score (nSPS) is 8.57. The molecule has 0 saturated heterocycles. The van der Waals surface area contributed by atoms with Crippen LogP contribution in [0.1, 0.15) is 29.8 Å². The Kier molecular flexibility index (Phi) is 6.41. The topological polar surface area (TPSA) is 38.3 Å². The minimum absolute atomic E-state index is 0.351. The van der Waals surface area contributed by atoms with E-state index in [2.05, 4.69) is 10.3 Å². The van der Waals surface area contributed by atoms with E-state index in [1.807, 2.05) is 32.9 Å². The molecule has 0 aliphatic rings. The molecule has 0 heterocycles. The van der Waals surface area contributed by atoms with Gasteiger partial charge in [0, 0.05) is 7.05 Å². The third-order valence-corrected chi connectivity index (χ3v) is 1.56. The molecule has 3 nitrogen and oxygen atoms in total. The maximum Gasteiger partial charge on any atom is 0.357 e. The van der Waals surface area contributed by atoms with Crippen LogP contribution >= 0.6 is 0 Å². The van der Waals surface area contributed by atoms with Crippen molar-refractivity contribution in [3.05, 3.63) is 35.4 Å². The fraction of sp³-hybridized carbons (Fsp3) is 0.364. The lowest BCUT2D eigenvalue weighted by Gasteiger charge is -2.03. The molecule has 0 amide bonds. The highest BCUT2D eigenvalue weighted by molar-refractivity contribution is 5.90. The quantitative estimate of drug-likeness (QED) is 0.736. The van der Waals surface area contributed by atoms with Crippen molar-refractivity contribution in [1.82, 2.24) is 5.48 Å². The molecule has 0 aromatic heterocycles. The molecule has 0 unspecified atom stereocenters. The molecule has 1 rings (SSSR count). The van der Waals surface area contributed by atoms with E-state index >= 15 is 0 Å². The lowest BCUT2D eigenvalue weighted by molar-refractivity contribution is 0.0309. The Balaban J connectivity index is 0.000000791. The van der Waals surface area contributed by atoms with Crippen LogP contribution in [0, 0.1) is 6.92 Å². The second kappa shape index (κ2) is 7.09. The molecule has 14 heavy (non-hydrogen) atoms. The van der Waals surface area contributed by atoms with Crippen molar-refractivity contribution in [3.8, 4) is 0 Å².